The second-order valence-corrected chi connectivity index (χ2v) is 8.52. The summed E-state index contributed by atoms with van der Waals surface area (Å²) in [7, 11) is 0. The van der Waals surface area contributed by atoms with E-state index in [1.54, 1.807) is 6.92 Å². The van der Waals surface area contributed by atoms with Crippen LogP contribution in [-0.4, -0.2) is 54.4 Å². The fourth-order valence-electron chi connectivity index (χ4n) is 3.82. The molecule has 1 fully saturated rings. The van der Waals surface area contributed by atoms with Crippen molar-refractivity contribution in [2.75, 3.05) is 31.6 Å². The first-order chi connectivity index (χ1) is 15.9. The molecule has 0 radical (unpaired) electrons. The number of hydrogen-bond donors (Lipinski definition) is 2. The van der Waals surface area contributed by atoms with Crippen molar-refractivity contribution in [1.29, 1.82) is 0 Å². The normalized spacial score (nSPS) is 14.2. The van der Waals surface area contributed by atoms with Gasteiger partial charge in [-0.05, 0) is 68.0 Å². The summed E-state index contributed by atoms with van der Waals surface area (Å²) >= 11 is 0. The molecule has 1 aliphatic rings. The van der Waals surface area contributed by atoms with Crippen LogP contribution in [0.25, 0.3) is 0 Å². The summed E-state index contributed by atoms with van der Waals surface area (Å²) < 4.78 is 11.1. The fourth-order valence-corrected chi connectivity index (χ4v) is 3.82. The largest absolute Gasteiger partial charge is 0.492 e. The summed E-state index contributed by atoms with van der Waals surface area (Å²) in [6.45, 7) is 5.73. The van der Waals surface area contributed by atoms with Crippen molar-refractivity contribution in [2.24, 2.45) is 5.92 Å². The zero-order valence-electron chi connectivity index (χ0n) is 19.5. The van der Waals surface area contributed by atoms with Crippen molar-refractivity contribution in [2.45, 2.75) is 45.6 Å². The highest BCUT2D eigenvalue weighted by atomic mass is 16.5. The number of anilines is 1. The molecule has 33 heavy (non-hydrogen) atoms. The molecule has 0 saturated heterocycles. The molecule has 2 N–H and O–H groups in total. The Hall–Kier alpha value is -3.06. The molecule has 2 aromatic carbocycles. The number of carbonyl (C=O) groups excluding carboxylic acids is 1. The zero-order valence-corrected chi connectivity index (χ0v) is 19.5. The van der Waals surface area contributed by atoms with Crippen molar-refractivity contribution in [3.63, 3.8) is 0 Å². The van der Waals surface area contributed by atoms with Crippen LogP contribution in [0.1, 0.15) is 37.3 Å². The van der Waals surface area contributed by atoms with Gasteiger partial charge in [0.15, 0.2) is 6.10 Å². The minimum Gasteiger partial charge on any atom is -0.492 e. The summed E-state index contributed by atoms with van der Waals surface area (Å²) in [5.74, 6) is 0.275. The number of carboxylic acid groups (broad SMARTS) is 1. The molecule has 3 rings (SSSR count). The number of aliphatic carboxylic acids is 1. The van der Waals surface area contributed by atoms with Gasteiger partial charge in [0, 0.05) is 25.3 Å². The number of benzene rings is 2. The average molecular weight is 455 g/mol. The average Bonchev–Trinajstić information content (AvgIpc) is 2.75. The zero-order chi connectivity index (χ0) is 23.6. The van der Waals surface area contributed by atoms with E-state index in [4.69, 9.17) is 9.47 Å². The Morgan fingerprint density at radius 3 is 2.55 bits per heavy atom. The molecule has 1 atom stereocenters. The number of aryl methyl sites for hydroxylation is 1. The lowest BCUT2D eigenvalue weighted by atomic mass is 9.85. The molecule has 2 aromatic rings. The molecule has 1 saturated carbocycles. The smallest absolute Gasteiger partial charge is 0.333 e. The predicted molar refractivity (Wildman–Crippen MR) is 128 cm³/mol. The third-order valence-electron chi connectivity index (χ3n) is 5.88. The molecular weight excluding hydrogens is 420 g/mol. The van der Waals surface area contributed by atoms with Gasteiger partial charge < -0.3 is 24.8 Å². The van der Waals surface area contributed by atoms with Gasteiger partial charge in [0.1, 0.15) is 12.4 Å². The maximum absolute atomic E-state index is 12.9. The lowest BCUT2D eigenvalue weighted by Gasteiger charge is -2.32. The Balaban J connectivity index is 1.52. The summed E-state index contributed by atoms with van der Waals surface area (Å²) in [5, 5.41) is 12.2. The molecule has 2 amide bonds. The second-order valence-electron chi connectivity index (χ2n) is 8.52. The molecule has 0 spiro atoms. The van der Waals surface area contributed by atoms with Crippen molar-refractivity contribution >= 4 is 17.7 Å². The number of carboxylic acids is 1. The van der Waals surface area contributed by atoms with Crippen LogP contribution < -0.4 is 10.1 Å². The van der Waals surface area contributed by atoms with Gasteiger partial charge in [-0.1, -0.05) is 30.7 Å². The van der Waals surface area contributed by atoms with E-state index in [0.717, 1.165) is 36.2 Å². The van der Waals surface area contributed by atoms with E-state index in [1.807, 2.05) is 60.4 Å². The fraction of sp³-hybridized carbons (Fsp3) is 0.462. The summed E-state index contributed by atoms with van der Waals surface area (Å²) in [5.41, 5.74) is 2.76. The van der Waals surface area contributed by atoms with Crippen molar-refractivity contribution in [3.05, 3.63) is 59.7 Å². The molecule has 0 aliphatic heterocycles. The lowest BCUT2D eigenvalue weighted by Crippen LogP contribution is -2.42. The number of rotatable bonds is 12. The Morgan fingerprint density at radius 2 is 1.94 bits per heavy atom. The third-order valence-corrected chi connectivity index (χ3v) is 5.88. The first-order valence-electron chi connectivity index (χ1n) is 11.6. The molecule has 1 aliphatic carbocycles. The molecule has 7 heteroatoms. The number of nitrogens with one attached hydrogen (secondary N) is 1. The number of urea groups is 1. The van der Waals surface area contributed by atoms with Gasteiger partial charge in [0.05, 0.1) is 6.54 Å². The van der Waals surface area contributed by atoms with Crippen LogP contribution >= 0.6 is 0 Å². The van der Waals surface area contributed by atoms with Crippen LogP contribution in [0.4, 0.5) is 10.5 Å². The highest BCUT2D eigenvalue weighted by Crippen LogP contribution is 2.27. The van der Waals surface area contributed by atoms with Gasteiger partial charge in [0.25, 0.3) is 0 Å². The maximum atomic E-state index is 12.9. The molecule has 0 heterocycles. The summed E-state index contributed by atoms with van der Waals surface area (Å²) in [6.07, 6.45) is 3.00. The minimum atomic E-state index is -0.965. The van der Waals surface area contributed by atoms with E-state index in [-0.39, 0.29) is 6.03 Å². The van der Waals surface area contributed by atoms with Crippen LogP contribution in [0.15, 0.2) is 48.5 Å². The topological polar surface area (TPSA) is 88.1 Å². The van der Waals surface area contributed by atoms with Gasteiger partial charge >= 0.3 is 12.0 Å². The maximum Gasteiger partial charge on any atom is 0.333 e. The molecule has 0 bridgehead atoms. The highest BCUT2D eigenvalue weighted by Gasteiger charge is 2.24. The first-order valence-corrected chi connectivity index (χ1v) is 11.6. The van der Waals surface area contributed by atoms with E-state index in [1.165, 1.54) is 6.42 Å². The predicted octanol–water partition coefficient (Wildman–Crippen LogP) is 4.74. The summed E-state index contributed by atoms with van der Waals surface area (Å²) in [6, 6.07) is 15.0. The van der Waals surface area contributed by atoms with E-state index in [9.17, 15) is 14.7 Å². The van der Waals surface area contributed by atoms with Gasteiger partial charge in [-0.15, -0.1) is 0 Å². The van der Waals surface area contributed by atoms with Crippen molar-refractivity contribution < 1.29 is 24.2 Å². The van der Waals surface area contributed by atoms with Crippen LogP contribution in [0.5, 0.6) is 5.75 Å². The van der Waals surface area contributed by atoms with E-state index < -0.39 is 12.1 Å². The Morgan fingerprint density at radius 1 is 1.18 bits per heavy atom. The standard InChI is InChI=1S/C26H34N2O5/c1-3-32-24(25(29)30)17-20-10-12-23(13-11-20)33-15-14-28(18-21-7-5-8-21)26(31)27-22-9-4-6-19(2)16-22/h4,6,9-13,16,21,24H,3,5,7-8,14-15,17-18H2,1-2H3,(H,27,31)(H,29,30). The molecule has 7 nitrogen and oxygen atoms in total. The molecule has 178 valence electrons. The second kappa shape index (κ2) is 12.3. The van der Waals surface area contributed by atoms with E-state index in [2.05, 4.69) is 5.32 Å². The Kier molecular flexibility index (Phi) is 9.13. The number of carbonyl (C=O) groups is 2. The van der Waals surface area contributed by atoms with E-state index >= 15 is 0 Å². The summed E-state index contributed by atoms with van der Waals surface area (Å²) in [4.78, 5) is 26.0. The van der Waals surface area contributed by atoms with Gasteiger partial charge in [-0.2, -0.15) is 0 Å². The lowest BCUT2D eigenvalue weighted by molar-refractivity contribution is -0.149. The molecule has 0 aromatic heterocycles. The SMILES string of the molecule is CCOC(Cc1ccc(OCCN(CC2CCC2)C(=O)Nc2cccc(C)c2)cc1)C(=O)O. The number of amides is 2. The molecular formula is C26H34N2O5. The minimum absolute atomic E-state index is 0.109. The van der Waals surface area contributed by atoms with E-state index in [0.29, 0.717) is 37.8 Å². The van der Waals surface area contributed by atoms with Crippen LogP contribution in [0.2, 0.25) is 0 Å². The number of nitrogens with zero attached hydrogens (tertiary/aromatic N) is 1. The Bertz CT molecular complexity index is 911. The first kappa shape index (κ1) is 24.6. The monoisotopic (exact) mass is 454 g/mol. The van der Waals surface area contributed by atoms with Gasteiger partial charge in [-0.3, -0.25) is 0 Å². The number of ether oxygens (including phenoxy) is 2. The van der Waals surface area contributed by atoms with Crippen molar-refractivity contribution in [1.82, 2.24) is 4.90 Å². The van der Waals surface area contributed by atoms with Crippen LogP contribution in [0.3, 0.4) is 0 Å². The van der Waals surface area contributed by atoms with Crippen molar-refractivity contribution in [3.8, 4) is 5.75 Å². The highest BCUT2D eigenvalue weighted by molar-refractivity contribution is 5.89. The Labute approximate surface area is 195 Å². The third kappa shape index (κ3) is 7.79. The number of hydrogen-bond acceptors (Lipinski definition) is 4. The van der Waals surface area contributed by atoms with Gasteiger partial charge in [0.2, 0.25) is 0 Å². The molecule has 1 unspecified atom stereocenters. The van der Waals surface area contributed by atoms with Crippen LogP contribution in [-0.2, 0) is 16.0 Å². The quantitative estimate of drug-likeness (QED) is 0.484. The van der Waals surface area contributed by atoms with Gasteiger partial charge in [-0.25, -0.2) is 9.59 Å². The van der Waals surface area contributed by atoms with Crippen LogP contribution in [0, 0.1) is 12.8 Å².